The second kappa shape index (κ2) is 5.17. The third-order valence-electron chi connectivity index (χ3n) is 3.65. The maximum atomic E-state index is 12.2. The zero-order valence-corrected chi connectivity index (χ0v) is 12.8. The second-order valence-electron chi connectivity index (χ2n) is 6.90. The molecule has 1 heterocycles. The van der Waals surface area contributed by atoms with E-state index in [1.165, 1.54) is 0 Å². The van der Waals surface area contributed by atoms with Crippen molar-refractivity contribution < 1.29 is 4.79 Å². The molecule has 0 radical (unpaired) electrons. The number of amides is 1. The van der Waals surface area contributed by atoms with E-state index in [1.54, 1.807) is 13.8 Å². The van der Waals surface area contributed by atoms with Gasteiger partial charge in [-0.3, -0.25) is 9.69 Å². The summed E-state index contributed by atoms with van der Waals surface area (Å²) in [6.45, 7) is 15.0. The molecule has 1 saturated heterocycles. The molecule has 4 heteroatoms. The van der Waals surface area contributed by atoms with Crippen molar-refractivity contribution in [1.29, 1.82) is 0 Å². The molecule has 2 N–H and O–H groups in total. The minimum absolute atomic E-state index is 0.0644. The van der Waals surface area contributed by atoms with Crippen molar-refractivity contribution in [1.82, 2.24) is 9.80 Å². The number of hydrogen-bond donors (Lipinski definition) is 1. The van der Waals surface area contributed by atoms with Crippen LogP contribution in [-0.4, -0.2) is 52.5 Å². The molecule has 0 bridgehead atoms. The standard InChI is InChI=1S/C14H29N3O/c1-7-11-10-16(12(18)14(5,6)15)8-9-17(11)13(2,3)4/h11H,7-10,15H2,1-6H3/t11-/m1/s1. The van der Waals surface area contributed by atoms with Gasteiger partial charge in [-0.2, -0.15) is 0 Å². The Balaban J connectivity index is 2.76. The monoisotopic (exact) mass is 255 g/mol. The second-order valence-corrected chi connectivity index (χ2v) is 6.90. The molecule has 0 unspecified atom stereocenters. The minimum atomic E-state index is -0.762. The fraction of sp³-hybridized carbons (Fsp3) is 0.929. The first-order chi connectivity index (χ1) is 8.07. The number of nitrogens with two attached hydrogens (primary N) is 1. The number of carbonyl (C=O) groups excluding carboxylic acids is 1. The van der Waals surface area contributed by atoms with Crippen molar-refractivity contribution in [2.24, 2.45) is 5.73 Å². The van der Waals surface area contributed by atoms with Crippen LogP contribution < -0.4 is 5.73 Å². The molecule has 0 saturated carbocycles. The van der Waals surface area contributed by atoms with Gasteiger partial charge in [-0.1, -0.05) is 6.92 Å². The highest BCUT2D eigenvalue weighted by atomic mass is 16.2. The van der Waals surface area contributed by atoms with Crippen LogP contribution in [0.4, 0.5) is 0 Å². The van der Waals surface area contributed by atoms with Gasteiger partial charge in [0, 0.05) is 31.2 Å². The third kappa shape index (κ3) is 3.45. The summed E-state index contributed by atoms with van der Waals surface area (Å²) in [5, 5.41) is 0. The van der Waals surface area contributed by atoms with E-state index in [0.29, 0.717) is 6.04 Å². The normalized spacial score (nSPS) is 23.3. The molecule has 1 rings (SSSR count). The molecule has 4 nitrogen and oxygen atoms in total. The zero-order valence-electron chi connectivity index (χ0n) is 12.8. The van der Waals surface area contributed by atoms with Crippen LogP contribution in [0.1, 0.15) is 48.0 Å². The first-order valence-corrected chi connectivity index (χ1v) is 6.92. The molecule has 1 atom stereocenters. The lowest BCUT2D eigenvalue weighted by Gasteiger charge is -2.48. The molecule has 0 aromatic rings. The zero-order chi connectivity index (χ0) is 14.1. The van der Waals surface area contributed by atoms with Crippen molar-refractivity contribution >= 4 is 5.91 Å². The highest BCUT2D eigenvalue weighted by Crippen LogP contribution is 2.23. The van der Waals surface area contributed by atoms with Crippen molar-refractivity contribution in [2.45, 2.75) is 65.1 Å². The Kier molecular flexibility index (Phi) is 4.44. The predicted molar refractivity (Wildman–Crippen MR) is 75.4 cm³/mol. The van der Waals surface area contributed by atoms with Crippen LogP contribution in [0.2, 0.25) is 0 Å². The number of piperazine rings is 1. The van der Waals surface area contributed by atoms with Crippen LogP contribution in [0.3, 0.4) is 0 Å². The van der Waals surface area contributed by atoms with Gasteiger partial charge < -0.3 is 10.6 Å². The largest absolute Gasteiger partial charge is 0.338 e. The van der Waals surface area contributed by atoms with E-state index >= 15 is 0 Å². The fourth-order valence-electron chi connectivity index (χ4n) is 2.68. The SMILES string of the molecule is CC[C@@H]1CN(C(=O)C(C)(C)N)CCN1C(C)(C)C. The van der Waals surface area contributed by atoms with Gasteiger partial charge in [0.1, 0.15) is 0 Å². The smallest absolute Gasteiger partial charge is 0.242 e. The number of hydrogen-bond acceptors (Lipinski definition) is 3. The Morgan fingerprint density at radius 3 is 2.17 bits per heavy atom. The van der Waals surface area contributed by atoms with Crippen LogP contribution in [0.15, 0.2) is 0 Å². The summed E-state index contributed by atoms with van der Waals surface area (Å²) in [6.07, 6.45) is 1.06. The topological polar surface area (TPSA) is 49.6 Å². The van der Waals surface area contributed by atoms with E-state index < -0.39 is 5.54 Å². The van der Waals surface area contributed by atoms with Crippen LogP contribution in [0.25, 0.3) is 0 Å². The molecule has 0 aliphatic carbocycles. The summed E-state index contributed by atoms with van der Waals surface area (Å²) in [4.78, 5) is 16.6. The summed E-state index contributed by atoms with van der Waals surface area (Å²) in [5.74, 6) is 0.0644. The molecule has 0 aromatic carbocycles. The highest BCUT2D eigenvalue weighted by Gasteiger charge is 2.37. The molecule has 1 aliphatic heterocycles. The summed E-state index contributed by atoms with van der Waals surface area (Å²) in [5.41, 5.74) is 5.31. The lowest BCUT2D eigenvalue weighted by atomic mass is 9.97. The fourth-order valence-corrected chi connectivity index (χ4v) is 2.68. The Morgan fingerprint density at radius 1 is 1.22 bits per heavy atom. The Labute approximate surface area is 111 Å². The summed E-state index contributed by atoms with van der Waals surface area (Å²) >= 11 is 0. The maximum Gasteiger partial charge on any atom is 0.242 e. The number of rotatable bonds is 2. The third-order valence-corrected chi connectivity index (χ3v) is 3.65. The van der Waals surface area contributed by atoms with Gasteiger partial charge in [0.2, 0.25) is 5.91 Å². The van der Waals surface area contributed by atoms with Gasteiger partial charge in [0.05, 0.1) is 5.54 Å². The molecule has 1 fully saturated rings. The van der Waals surface area contributed by atoms with Gasteiger partial charge in [-0.25, -0.2) is 0 Å². The van der Waals surface area contributed by atoms with Crippen molar-refractivity contribution in [3.63, 3.8) is 0 Å². The number of carbonyl (C=O) groups is 1. The Morgan fingerprint density at radius 2 is 1.78 bits per heavy atom. The van der Waals surface area contributed by atoms with Crippen LogP contribution in [0, 0.1) is 0 Å². The van der Waals surface area contributed by atoms with Gasteiger partial charge >= 0.3 is 0 Å². The van der Waals surface area contributed by atoms with E-state index in [-0.39, 0.29) is 11.4 Å². The molecule has 18 heavy (non-hydrogen) atoms. The van der Waals surface area contributed by atoms with E-state index in [2.05, 4.69) is 32.6 Å². The maximum absolute atomic E-state index is 12.2. The molecule has 0 spiro atoms. The molecular formula is C14H29N3O. The molecule has 1 amide bonds. The number of nitrogens with zero attached hydrogens (tertiary/aromatic N) is 2. The van der Waals surface area contributed by atoms with Gasteiger partial charge in [0.25, 0.3) is 0 Å². The summed E-state index contributed by atoms with van der Waals surface area (Å²) < 4.78 is 0. The summed E-state index contributed by atoms with van der Waals surface area (Å²) in [7, 11) is 0. The molecule has 1 aliphatic rings. The van der Waals surface area contributed by atoms with Crippen LogP contribution in [0.5, 0.6) is 0 Å². The lowest BCUT2D eigenvalue weighted by molar-refractivity contribution is -0.140. The first-order valence-electron chi connectivity index (χ1n) is 6.92. The first kappa shape index (κ1) is 15.4. The van der Waals surface area contributed by atoms with Gasteiger partial charge in [-0.05, 0) is 41.0 Å². The van der Waals surface area contributed by atoms with Crippen LogP contribution >= 0.6 is 0 Å². The Hall–Kier alpha value is -0.610. The average molecular weight is 255 g/mol. The van der Waals surface area contributed by atoms with E-state index in [1.807, 2.05) is 4.90 Å². The van der Waals surface area contributed by atoms with Crippen molar-refractivity contribution in [3.8, 4) is 0 Å². The quantitative estimate of drug-likeness (QED) is 0.812. The van der Waals surface area contributed by atoms with E-state index in [0.717, 1.165) is 26.1 Å². The molecule has 106 valence electrons. The van der Waals surface area contributed by atoms with E-state index in [4.69, 9.17) is 5.73 Å². The Bertz CT molecular complexity index is 301. The summed E-state index contributed by atoms with van der Waals surface area (Å²) in [6, 6.07) is 0.435. The molecular weight excluding hydrogens is 226 g/mol. The van der Waals surface area contributed by atoms with Gasteiger partial charge in [-0.15, -0.1) is 0 Å². The molecule has 0 aromatic heterocycles. The van der Waals surface area contributed by atoms with Crippen molar-refractivity contribution in [2.75, 3.05) is 19.6 Å². The highest BCUT2D eigenvalue weighted by molar-refractivity contribution is 5.85. The van der Waals surface area contributed by atoms with Crippen molar-refractivity contribution in [3.05, 3.63) is 0 Å². The average Bonchev–Trinajstić information content (AvgIpc) is 2.24. The van der Waals surface area contributed by atoms with Crippen LogP contribution in [-0.2, 0) is 4.79 Å². The minimum Gasteiger partial charge on any atom is -0.338 e. The lowest BCUT2D eigenvalue weighted by Crippen LogP contribution is -2.63. The van der Waals surface area contributed by atoms with E-state index in [9.17, 15) is 4.79 Å². The van der Waals surface area contributed by atoms with Gasteiger partial charge in [0.15, 0.2) is 0 Å². The predicted octanol–water partition coefficient (Wildman–Crippen LogP) is 1.45.